The molecule has 0 heterocycles. The number of rotatable bonds is 3. The third-order valence-electron chi connectivity index (χ3n) is 1.89. The highest BCUT2D eigenvalue weighted by Gasteiger charge is 2.38. The maximum absolute atomic E-state index is 9.21. The summed E-state index contributed by atoms with van der Waals surface area (Å²) in [6.45, 7) is 2.41. The zero-order chi connectivity index (χ0) is 9.23. The van der Waals surface area contributed by atoms with Crippen molar-refractivity contribution < 1.29 is 25.5 Å². The van der Waals surface area contributed by atoms with Gasteiger partial charge in [0.05, 0.1) is 0 Å². The summed E-state index contributed by atoms with van der Waals surface area (Å²) in [4.78, 5) is 0. The first-order valence-corrected chi connectivity index (χ1v) is 3.24. The summed E-state index contributed by atoms with van der Waals surface area (Å²) in [7, 11) is 0. The van der Waals surface area contributed by atoms with Crippen molar-refractivity contribution in [1.29, 1.82) is 0 Å². The Bertz CT molecular complexity index is 120. The lowest BCUT2D eigenvalue weighted by Crippen LogP contribution is -2.49. The molecule has 0 aromatic rings. The molecule has 11 heavy (non-hydrogen) atoms. The third kappa shape index (κ3) is 2.39. The Labute approximate surface area is 64.5 Å². The fourth-order valence-corrected chi connectivity index (χ4v) is 0.537. The Morgan fingerprint density at radius 2 is 1.45 bits per heavy atom. The van der Waals surface area contributed by atoms with Crippen LogP contribution in [0.4, 0.5) is 0 Å². The molecule has 0 amide bonds. The Kier molecular flexibility index (Phi) is 3.40. The molecule has 2 unspecified atom stereocenters. The molecular formula is C6H14O5. The third-order valence-corrected chi connectivity index (χ3v) is 1.89. The molecule has 0 aliphatic heterocycles. The maximum atomic E-state index is 9.21. The van der Waals surface area contributed by atoms with Crippen molar-refractivity contribution >= 4 is 0 Å². The van der Waals surface area contributed by atoms with E-state index in [2.05, 4.69) is 0 Å². The van der Waals surface area contributed by atoms with Gasteiger partial charge in [0.25, 0.3) is 0 Å². The van der Waals surface area contributed by atoms with E-state index in [-0.39, 0.29) is 0 Å². The average Bonchev–Trinajstić information content (AvgIpc) is 1.85. The van der Waals surface area contributed by atoms with Crippen molar-refractivity contribution in [3.05, 3.63) is 0 Å². The van der Waals surface area contributed by atoms with E-state index in [1.54, 1.807) is 0 Å². The smallest absolute Gasteiger partial charge is 0.181 e. The van der Waals surface area contributed by atoms with Crippen molar-refractivity contribution in [2.75, 3.05) is 0 Å². The van der Waals surface area contributed by atoms with E-state index in [0.717, 1.165) is 6.92 Å². The SMILES string of the molecule is CC(C(O)O)C(C)(O)C(O)O. The van der Waals surface area contributed by atoms with Crippen LogP contribution in [0.3, 0.4) is 0 Å². The molecule has 0 saturated carbocycles. The summed E-state index contributed by atoms with van der Waals surface area (Å²) in [6.07, 6.45) is -3.76. The molecule has 5 heteroatoms. The highest BCUT2D eigenvalue weighted by atomic mass is 16.5. The molecular weight excluding hydrogens is 152 g/mol. The Morgan fingerprint density at radius 3 is 1.55 bits per heavy atom. The zero-order valence-corrected chi connectivity index (χ0v) is 6.47. The Hall–Kier alpha value is -0.200. The predicted octanol–water partition coefficient (Wildman–Crippen LogP) is -2.01. The van der Waals surface area contributed by atoms with E-state index >= 15 is 0 Å². The van der Waals surface area contributed by atoms with Crippen LogP contribution in [0.15, 0.2) is 0 Å². The molecule has 0 spiro atoms. The molecule has 0 aromatic carbocycles. The van der Waals surface area contributed by atoms with Gasteiger partial charge in [0.2, 0.25) is 0 Å². The van der Waals surface area contributed by atoms with Crippen LogP contribution in [-0.2, 0) is 0 Å². The zero-order valence-electron chi connectivity index (χ0n) is 6.47. The lowest BCUT2D eigenvalue weighted by atomic mass is 9.90. The molecule has 5 N–H and O–H groups in total. The molecule has 0 rings (SSSR count). The molecule has 0 aliphatic carbocycles. The first-order chi connectivity index (χ1) is 4.80. The number of hydrogen-bond donors (Lipinski definition) is 5. The second kappa shape index (κ2) is 3.46. The van der Waals surface area contributed by atoms with Crippen molar-refractivity contribution in [3.63, 3.8) is 0 Å². The summed E-state index contributed by atoms with van der Waals surface area (Å²) in [5.41, 5.74) is -1.91. The Balaban J connectivity index is 4.29. The first-order valence-electron chi connectivity index (χ1n) is 3.24. The topological polar surface area (TPSA) is 101 Å². The van der Waals surface area contributed by atoms with E-state index in [9.17, 15) is 5.11 Å². The van der Waals surface area contributed by atoms with Crippen molar-refractivity contribution in [3.8, 4) is 0 Å². The second-order valence-corrected chi connectivity index (χ2v) is 2.80. The number of aliphatic hydroxyl groups is 5. The van der Waals surface area contributed by atoms with E-state index in [4.69, 9.17) is 20.4 Å². The van der Waals surface area contributed by atoms with Gasteiger partial charge in [-0.1, -0.05) is 6.92 Å². The predicted molar refractivity (Wildman–Crippen MR) is 36.2 cm³/mol. The summed E-state index contributed by atoms with van der Waals surface area (Å²) in [5, 5.41) is 43.5. The molecule has 0 aliphatic rings. The summed E-state index contributed by atoms with van der Waals surface area (Å²) in [6, 6.07) is 0. The van der Waals surface area contributed by atoms with Crippen molar-refractivity contribution in [2.24, 2.45) is 5.92 Å². The maximum Gasteiger partial charge on any atom is 0.181 e. The largest absolute Gasteiger partial charge is 0.384 e. The van der Waals surface area contributed by atoms with Crippen LogP contribution in [0.25, 0.3) is 0 Å². The van der Waals surface area contributed by atoms with Gasteiger partial charge in [0.1, 0.15) is 5.60 Å². The van der Waals surface area contributed by atoms with Crippen LogP contribution in [0, 0.1) is 5.92 Å². The van der Waals surface area contributed by atoms with Gasteiger partial charge in [0, 0.05) is 5.92 Å². The van der Waals surface area contributed by atoms with Gasteiger partial charge in [-0.05, 0) is 6.92 Å². The fraction of sp³-hybridized carbons (Fsp3) is 1.00. The Morgan fingerprint density at radius 1 is 1.09 bits per heavy atom. The van der Waals surface area contributed by atoms with Crippen LogP contribution in [0.2, 0.25) is 0 Å². The number of aliphatic hydroxyl groups excluding tert-OH is 2. The van der Waals surface area contributed by atoms with E-state index in [1.807, 2.05) is 0 Å². The normalized spacial score (nSPS) is 20.5. The van der Waals surface area contributed by atoms with Gasteiger partial charge >= 0.3 is 0 Å². The quantitative estimate of drug-likeness (QED) is 0.312. The fourth-order valence-electron chi connectivity index (χ4n) is 0.537. The highest BCUT2D eigenvalue weighted by molar-refractivity contribution is 4.82. The minimum atomic E-state index is -1.99. The first kappa shape index (κ1) is 10.8. The molecule has 68 valence electrons. The highest BCUT2D eigenvalue weighted by Crippen LogP contribution is 2.21. The second-order valence-electron chi connectivity index (χ2n) is 2.80. The molecule has 5 nitrogen and oxygen atoms in total. The van der Waals surface area contributed by atoms with Crippen LogP contribution in [0.1, 0.15) is 13.8 Å². The minimum Gasteiger partial charge on any atom is -0.384 e. The van der Waals surface area contributed by atoms with Gasteiger partial charge in [-0.25, -0.2) is 0 Å². The van der Waals surface area contributed by atoms with Gasteiger partial charge in [-0.15, -0.1) is 0 Å². The van der Waals surface area contributed by atoms with Crippen LogP contribution < -0.4 is 0 Å². The molecule has 0 radical (unpaired) electrons. The molecule has 0 aromatic heterocycles. The van der Waals surface area contributed by atoms with Crippen molar-refractivity contribution in [2.45, 2.75) is 32.0 Å². The van der Waals surface area contributed by atoms with Gasteiger partial charge in [0.15, 0.2) is 12.6 Å². The van der Waals surface area contributed by atoms with Crippen molar-refractivity contribution in [1.82, 2.24) is 0 Å². The lowest BCUT2D eigenvalue weighted by molar-refractivity contribution is -0.234. The monoisotopic (exact) mass is 166 g/mol. The summed E-state index contributed by atoms with van der Waals surface area (Å²) in [5.74, 6) is -1.03. The van der Waals surface area contributed by atoms with E-state index in [0.29, 0.717) is 0 Å². The summed E-state index contributed by atoms with van der Waals surface area (Å²) < 4.78 is 0. The molecule has 0 saturated heterocycles. The van der Waals surface area contributed by atoms with Gasteiger partial charge < -0.3 is 25.5 Å². The van der Waals surface area contributed by atoms with Crippen LogP contribution >= 0.6 is 0 Å². The lowest BCUT2D eigenvalue weighted by Gasteiger charge is -2.32. The van der Waals surface area contributed by atoms with Crippen LogP contribution in [-0.4, -0.2) is 43.7 Å². The average molecular weight is 166 g/mol. The minimum absolute atomic E-state index is 1.03. The van der Waals surface area contributed by atoms with Gasteiger partial charge in [-0.3, -0.25) is 0 Å². The molecule has 2 atom stereocenters. The number of hydrogen-bond acceptors (Lipinski definition) is 5. The standard InChI is InChI=1S/C6H14O5/c1-3(4(7)8)6(2,11)5(9)10/h3-5,7-11H,1-2H3. The van der Waals surface area contributed by atoms with Crippen LogP contribution in [0.5, 0.6) is 0 Å². The van der Waals surface area contributed by atoms with Gasteiger partial charge in [-0.2, -0.15) is 0 Å². The summed E-state index contributed by atoms with van der Waals surface area (Å²) >= 11 is 0. The molecule has 0 bridgehead atoms. The van der Waals surface area contributed by atoms with E-state index in [1.165, 1.54) is 6.92 Å². The van der Waals surface area contributed by atoms with E-state index < -0.39 is 24.1 Å². The molecule has 0 fully saturated rings.